The number of anilines is 1. The molecule has 0 bridgehead atoms. The van der Waals surface area contributed by atoms with Crippen LogP contribution < -0.4 is 5.32 Å². The van der Waals surface area contributed by atoms with E-state index < -0.39 is 0 Å². The molecule has 0 radical (unpaired) electrons. The van der Waals surface area contributed by atoms with E-state index >= 15 is 0 Å². The van der Waals surface area contributed by atoms with Crippen molar-refractivity contribution >= 4 is 39.3 Å². The number of tetrazole rings is 1. The fraction of sp³-hybridized carbons (Fsp3) is 0.176. The van der Waals surface area contributed by atoms with E-state index in [4.69, 9.17) is 0 Å². The highest BCUT2D eigenvalue weighted by atomic mass is 79.9. The Balaban J connectivity index is 1.71. The molecule has 3 rings (SSSR count). The largest absolute Gasteiger partial charge is 0.324 e. The first-order chi connectivity index (χ1) is 12.0. The number of amides is 1. The van der Waals surface area contributed by atoms with Gasteiger partial charge in [-0.3, -0.25) is 4.79 Å². The molecule has 3 aromatic rings. The van der Waals surface area contributed by atoms with E-state index in [-0.39, 0.29) is 11.2 Å². The zero-order valence-corrected chi connectivity index (χ0v) is 16.1. The van der Waals surface area contributed by atoms with E-state index in [1.54, 1.807) is 4.68 Å². The quantitative estimate of drug-likeness (QED) is 0.638. The number of carbonyl (C=O) groups is 1. The maximum atomic E-state index is 12.5. The van der Waals surface area contributed by atoms with Crippen LogP contribution in [0, 0.1) is 6.92 Å². The van der Waals surface area contributed by atoms with E-state index in [1.165, 1.54) is 11.8 Å². The lowest BCUT2D eigenvalue weighted by Gasteiger charge is -2.13. The normalized spacial score (nSPS) is 12.0. The first-order valence-corrected chi connectivity index (χ1v) is 9.29. The summed E-state index contributed by atoms with van der Waals surface area (Å²) in [6.07, 6.45) is 0. The first-order valence-electron chi connectivity index (χ1n) is 7.62. The molecule has 25 heavy (non-hydrogen) atoms. The predicted molar refractivity (Wildman–Crippen MR) is 102 cm³/mol. The molecule has 1 N–H and O–H groups in total. The summed E-state index contributed by atoms with van der Waals surface area (Å²) < 4.78 is 2.48. The summed E-state index contributed by atoms with van der Waals surface area (Å²) in [5, 5.41) is 14.9. The second-order valence-corrected chi connectivity index (χ2v) is 7.60. The number of nitrogens with one attached hydrogen (secondary N) is 1. The summed E-state index contributed by atoms with van der Waals surface area (Å²) in [4.78, 5) is 12.5. The summed E-state index contributed by atoms with van der Waals surface area (Å²) >= 11 is 4.78. The van der Waals surface area contributed by atoms with Gasteiger partial charge < -0.3 is 5.32 Å². The molecule has 8 heteroatoms. The van der Waals surface area contributed by atoms with Crippen LogP contribution >= 0.6 is 27.7 Å². The van der Waals surface area contributed by atoms with Crippen LogP contribution in [-0.4, -0.2) is 31.4 Å². The number of thioether (sulfide) groups is 1. The van der Waals surface area contributed by atoms with Gasteiger partial charge in [0.1, 0.15) is 0 Å². The van der Waals surface area contributed by atoms with Crippen LogP contribution in [0.25, 0.3) is 5.69 Å². The van der Waals surface area contributed by atoms with E-state index in [0.29, 0.717) is 5.16 Å². The maximum Gasteiger partial charge on any atom is 0.237 e. The number of hydrogen-bond acceptors (Lipinski definition) is 5. The number of hydrogen-bond donors (Lipinski definition) is 1. The SMILES string of the molecule is Cc1ccc(NC(=O)C(C)Sc2nnnn2-c2ccccc2)c(Br)c1. The zero-order valence-electron chi connectivity index (χ0n) is 13.7. The number of benzene rings is 2. The molecule has 0 spiro atoms. The molecule has 0 fully saturated rings. The van der Waals surface area contributed by atoms with Gasteiger partial charge in [0.25, 0.3) is 0 Å². The van der Waals surface area contributed by atoms with Gasteiger partial charge in [0.2, 0.25) is 11.1 Å². The highest BCUT2D eigenvalue weighted by molar-refractivity contribution is 9.10. The molecule has 128 valence electrons. The summed E-state index contributed by atoms with van der Waals surface area (Å²) in [6, 6.07) is 15.4. The van der Waals surface area contributed by atoms with Crippen LogP contribution in [0.2, 0.25) is 0 Å². The van der Waals surface area contributed by atoms with E-state index in [0.717, 1.165) is 21.4 Å². The Morgan fingerprint density at radius 1 is 1.24 bits per heavy atom. The third-order valence-corrected chi connectivity index (χ3v) is 5.16. The lowest BCUT2D eigenvalue weighted by Crippen LogP contribution is -2.23. The van der Waals surface area contributed by atoms with Gasteiger partial charge in [-0.2, -0.15) is 4.68 Å². The lowest BCUT2D eigenvalue weighted by atomic mass is 10.2. The van der Waals surface area contributed by atoms with Crippen LogP contribution in [-0.2, 0) is 4.79 Å². The van der Waals surface area contributed by atoms with Crippen molar-refractivity contribution in [3.05, 3.63) is 58.6 Å². The molecule has 1 amide bonds. The molecule has 0 aliphatic rings. The minimum atomic E-state index is -0.360. The fourth-order valence-corrected chi connectivity index (χ4v) is 3.55. The predicted octanol–water partition coefficient (Wildman–Crippen LogP) is 3.85. The number of carbonyl (C=O) groups excluding carboxylic acids is 1. The van der Waals surface area contributed by atoms with E-state index in [9.17, 15) is 4.79 Å². The average molecular weight is 418 g/mol. The molecule has 1 heterocycles. The Hall–Kier alpha value is -2.19. The molecular formula is C17H16BrN5OS. The van der Waals surface area contributed by atoms with Gasteiger partial charge in [0.05, 0.1) is 16.6 Å². The van der Waals surface area contributed by atoms with E-state index in [2.05, 4.69) is 36.8 Å². The lowest BCUT2D eigenvalue weighted by molar-refractivity contribution is -0.115. The second-order valence-electron chi connectivity index (χ2n) is 5.44. The van der Waals surface area contributed by atoms with Gasteiger partial charge in [0.15, 0.2) is 0 Å². The Bertz CT molecular complexity index is 884. The van der Waals surface area contributed by atoms with Crippen molar-refractivity contribution in [3.8, 4) is 5.69 Å². The van der Waals surface area contributed by atoms with Crippen molar-refractivity contribution in [2.75, 3.05) is 5.32 Å². The molecule has 1 aromatic heterocycles. The van der Waals surface area contributed by atoms with Gasteiger partial charge in [-0.05, 0) is 70.0 Å². The van der Waals surface area contributed by atoms with Gasteiger partial charge in [-0.1, -0.05) is 36.0 Å². The van der Waals surface area contributed by atoms with Crippen LogP contribution in [0.1, 0.15) is 12.5 Å². The molecule has 0 aliphatic carbocycles. The molecule has 0 saturated carbocycles. The molecule has 1 atom stereocenters. The molecule has 2 aromatic carbocycles. The van der Waals surface area contributed by atoms with Crippen LogP contribution in [0.5, 0.6) is 0 Å². The smallest absolute Gasteiger partial charge is 0.237 e. The van der Waals surface area contributed by atoms with Crippen molar-refractivity contribution in [2.45, 2.75) is 24.3 Å². The Morgan fingerprint density at radius 3 is 2.72 bits per heavy atom. The Kier molecular flexibility index (Phi) is 5.50. The molecule has 1 unspecified atom stereocenters. The summed E-state index contributed by atoms with van der Waals surface area (Å²) in [5.74, 6) is -0.114. The molecular weight excluding hydrogens is 402 g/mol. The first kappa shape index (κ1) is 17.6. The Morgan fingerprint density at radius 2 is 2.00 bits per heavy atom. The number of halogens is 1. The van der Waals surface area contributed by atoms with Crippen molar-refractivity contribution < 1.29 is 4.79 Å². The third kappa shape index (κ3) is 4.26. The number of nitrogens with zero attached hydrogens (tertiary/aromatic N) is 4. The average Bonchev–Trinajstić information content (AvgIpc) is 3.06. The van der Waals surface area contributed by atoms with Gasteiger partial charge in [0, 0.05) is 4.47 Å². The molecule has 0 aliphatic heterocycles. The fourth-order valence-electron chi connectivity index (χ4n) is 2.15. The van der Waals surface area contributed by atoms with Gasteiger partial charge in [-0.15, -0.1) is 5.10 Å². The second kappa shape index (κ2) is 7.79. The summed E-state index contributed by atoms with van der Waals surface area (Å²) in [5.41, 5.74) is 2.71. The topological polar surface area (TPSA) is 72.7 Å². The minimum absolute atomic E-state index is 0.114. The number of aryl methyl sites for hydroxylation is 1. The standard InChI is InChI=1S/C17H16BrN5OS/c1-11-8-9-15(14(18)10-11)19-16(24)12(2)25-17-20-21-22-23(17)13-6-4-3-5-7-13/h3-10,12H,1-2H3,(H,19,24). The molecule has 6 nitrogen and oxygen atoms in total. The zero-order chi connectivity index (χ0) is 17.8. The maximum absolute atomic E-state index is 12.5. The number of aromatic nitrogens is 4. The van der Waals surface area contributed by atoms with Gasteiger partial charge >= 0.3 is 0 Å². The van der Waals surface area contributed by atoms with Gasteiger partial charge in [-0.25, -0.2) is 0 Å². The van der Waals surface area contributed by atoms with Crippen molar-refractivity contribution in [3.63, 3.8) is 0 Å². The third-order valence-electron chi connectivity index (χ3n) is 3.48. The van der Waals surface area contributed by atoms with Crippen LogP contribution in [0.4, 0.5) is 5.69 Å². The van der Waals surface area contributed by atoms with Crippen molar-refractivity contribution in [2.24, 2.45) is 0 Å². The number of rotatable bonds is 5. The highest BCUT2D eigenvalue weighted by Crippen LogP contribution is 2.27. The number of para-hydroxylation sites is 1. The van der Waals surface area contributed by atoms with Crippen molar-refractivity contribution in [1.29, 1.82) is 0 Å². The molecule has 0 saturated heterocycles. The highest BCUT2D eigenvalue weighted by Gasteiger charge is 2.20. The minimum Gasteiger partial charge on any atom is -0.324 e. The summed E-state index contributed by atoms with van der Waals surface area (Å²) in [7, 11) is 0. The monoisotopic (exact) mass is 417 g/mol. The van der Waals surface area contributed by atoms with Crippen LogP contribution in [0.15, 0.2) is 58.2 Å². The van der Waals surface area contributed by atoms with E-state index in [1.807, 2.05) is 62.4 Å². The summed E-state index contributed by atoms with van der Waals surface area (Å²) in [6.45, 7) is 3.82. The van der Waals surface area contributed by atoms with Crippen molar-refractivity contribution in [1.82, 2.24) is 20.2 Å². The Labute approximate surface area is 158 Å². The van der Waals surface area contributed by atoms with Crippen LogP contribution in [0.3, 0.4) is 0 Å².